The van der Waals surface area contributed by atoms with Crippen LogP contribution in [0, 0.1) is 17.8 Å². The van der Waals surface area contributed by atoms with Gasteiger partial charge in [-0.3, -0.25) is 19.3 Å². The smallest absolute Gasteiger partial charge is 0.253 e. The van der Waals surface area contributed by atoms with Gasteiger partial charge < -0.3 is 14.7 Å². The fourth-order valence-electron chi connectivity index (χ4n) is 6.16. The van der Waals surface area contributed by atoms with Crippen LogP contribution < -0.4 is 0 Å². The number of rotatable bonds is 19. The van der Waals surface area contributed by atoms with Gasteiger partial charge in [-0.15, -0.1) is 0 Å². The normalized spacial score (nSPS) is 12.0. The van der Waals surface area contributed by atoms with Crippen LogP contribution in [0.15, 0.2) is 72.8 Å². The molecule has 0 spiro atoms. The zero-order chi connectivity index (χ0) is 36.8. The van der Waals surface area contributed by atoms with Crippen molar-refractivity contribution in [1.29, 1.82) is 0 Å². The lowest BCUT2D eigenvalue weighted by atomic mass is 9.97. The van der Waals surface area contributed by atoms with Crippen LogP contribution in [-0.2, 0) is 19.3 Å². The zero-order valence-corrected chi connectivity index (χ0v) is 32.2. The monoisotopic (exact) mass is 682 g/mol. The Morgan fingerprint density at radius 1 is 0.500 bits per heavy atom. The van der Waals surface area contributed by atoms with E-state index in [4.69, 9.17) is 0 Å². The highest BCUT2D eigenvalue weighted by Gasteiger charge is 2.19. The molecule has 0 bridgehead atoms. The largest absolute Gasteiger partial charge is 0.340 e. The topological polar surface area (TPSA) is 64.2 Å². The van der Waals surface area contributed by atoms with Crippen LogP contribution in [0.3, 0.4) is 0 Å². The number of carbonyl (C=O) groups excluding carboxylic acids is 3. The molecule has 0 fully saturated rings. The van der Waals surface area contributed by atoms with Crippen LogP contribution in [0.4, 0.5) is 0 Å². The number of benzene rings is 3. The second kappa shape index (κ2) is 20.0. The average molecular weight is 683 g/mol. The van der Waals surface area contributed by atoms with E-state index in [0.29, 0.717) is 73.7 Å². The molecule has 0 aliphatic rings. The Morgan fingerprint density at radius 2 is 0.820 bits per heavy atom. The van der Waals surface area contributed by atoms with Gasteiger partial charge in [-0.25, -0.2) is 0 Å². The first-order chi connectivity index (χ1) is 23.8. The Morgan fingerprint density at radius 3 is 1.12 bits per heavy atom. The summed E-state index contributed by atoms with van der Waals surface area (Å²) in [4.78, 5) is 47.9. The van der Waals surface area contributed by atoms with Gasteiger partial charge in [0.25, 0.3) is 17.7 Å². The fourth-order valence-corrected chi connectivity index (χ4v) is 6.16. The number of nitrogens with zero attached hydrogens (tertiary/aromatic N) is 4. The molecule has 0 aromatic heterocycles. The molecule has 7 heteroatoms. The van der Waals surface area contributed by atoms with Gasteiger partial charge in [0, 0.05) is 77.1 Å². The standard InChI is InChI=1S/C43H62N4O3/c1-10-34(6)28-37-16-13-19-40(31-37)43(50)46(9)22-25-47(23-20-44(7)41(48)38-17-11-14-35(29-38)26-32(2)3)24-21-45(8)42(49)39-18-12-15-36(30-39)27-33(4)5/h11-19,29-34H,10,20-28H2,1-9H3. The molecule has 1 unspecified atom stereocenters. The van der Waals surface area contributed by atoms with Crippen LogP contribution in [0.2, 0.25) is 0 Å². The second-order valence-corrected chi connectivity index (χ2v) is 15.0. The molecule has 0 radical (unpaired) electrons. The summed E-state index contributed by atoms with van der Waals surface area (Å²) in [5.41, 5.74) is 5.62. The molecule has 7 nitrogen and oxygen atoms in total. The van der Waals surface area contributed by atoms with Crippen molar-refractivity contribution in [3.63, 3.8) is 0 Å². The maximum Gasteiger partial charge on any atom is 0.253 e. The summed E-state index contributed by atoms with van der Waals surface area (Å²) in [6.45, 7) is 16.6. The summed E-state index contributed by atoms with van der Waals surface area (Å²) in [5.74, 6) is 1.58. The first-order valence-corrected chi connectivity index (χ1v) is 18.5. The molecule has 50 heavy (non-hydrogen) atoms. The number of likely N-dealkylation sites (N-methyl/N-ethyl adjacent to an activating group) is 3. The summed E-state index contributed by atoms with van der Waals surface area (Å²) in [5, 5.41) is 0. The van der Waals surface area contributed by atoms with Crippen molar-refractivity contribution in [1.82, 2.24) is 19.6 Å². The Kier molecular flexibility index (Phi) is 16.2. The highest BCUT2D eigenvalue weighted by molar-refractivity contribution is 5.95. The second-order valence-electron chi connectivity index (χ2n) is 15.0. The maximum absolute atomic E-state index is 13.5. The molecule has 0 heterocycles. The predicted molar refractivity (Wildman–Crippen MR) is 207 cm³/mol. The third-order valence-electron chi connectivity index (χ3n) is 9.39. The van der Waals surface area contributed by atoms with Crippen molar-refractivity contribution in [3.8, 4) is 0 Å². The van der Waals surface area contributed by atoms with Gasteiger partial charge in [-0.05, 0) is 90.1 Å². The first kappa shape index (κ1) is 40.5. The molecule has 1 atom stereocenters. The Balaban J connectivity index is 1.69. The summed E-state index contributed by atoms with van der Waals surface area (Å²) in [6, 6.07) is 23.9. The summed E-state index contributed by atoms with van der Waals surface area (Å²) in [7, 11) is 5.54. The van der Waals surface area contributed by atoms with E-state index in [9.17, 15) is 14.4 Å². The van der Waals surface area contributed by atoms with Gasteiger partial charge in [-0.2, -0.15) is 0 Å². The number of amides is 3. The van der Waals surface area contributed by atoms with Gasteiger partial charge >= 0.3 is 0 Å². The number of hydrogen-bond acceptors (Lipinski definition) is 4. The van der Waals surface area contributed by atoms with E-state index in [1.807, 2.05) is 75.7 Å². The molecule has 3 amide bonds. The van der Waals surface area contributed by atoms with Crippen molar-refractivity contribution >= 4 is 17.7 Å². The minimum atomic E-state index is -0.00583. The summed E-state index contributed by atoms with van der Waals surface area (Å²) < 4.78 is 0. The van der Waals surface area contributed by atoms with Crippen molar-refractivity contribution in [2.24, 2.45) is 17.8 Å². The van der Waals surface area contributed by atoms with Crippen LogP contribution in [-0.4, -0.2) is 97.7 Å². The molecular formula is C43H62N4O3. The third-order valence-corrected chi connectivity index (χ3v) is 9.39. The highest BCUT2D eigenvalue weighted by Crippen LogP contribution is 2.16. The van der Waals surface area contributed by atoms with Crippen LogP contribution in [0.1, 0.15) is 95.7 Å². The molecule has 0 aliphatic heterocycles. The van der Waals surface area contributed by atoms with Gasteiger partial charge in [0.15, 0.2) is 0 Å². The van der Waals surface area contributed by atoms with Crippen LogP contribution >= 0.6 is 0 Å². The fraction of sp³-hybridized carbons (Fsp3) is 0.512. The van der Waals surface area contributed by atoms with Crippen LogP contribution in [0.5, 0.6) is 0 Å². The van der Waals surface area contributed by atoms with E-state index in [1.54, 1.807) is 14.7 Å². The van der Waals surface area contributed by atoms with E-state index in [-0.39, 0.29) is 17.7 Å². The van der Waals surface area contributed by atoms with Crippen LogP contribution in [0.25, 0.3) is 0 Å². The molecule has 0 N–H and O–H groups in total. The Labute approximate surface area is 302 Å². The van der Waals surface area contributed by atoms with Crippen molar-refractivity contribution < 1.29 is 14.4 Å². The minimum absolute atomic E-state index is 0.00176. The highest BCUT2D eigenvalue weighted by atomic mass is 16.2. The molecule has 3 rings (SSSR count). The molecule has 0 aliphatic carbocycles. The average Bonchev–Trinajstić information content (AvgIpc) is 3.09. The quantitative estimate of drug-likeness (QED) is 0.131. The van der Waals surface area contributed by atoms with E-state index in [0.717, 1.165) is 25.7 Å². The van der Waals surface area contributed by atoms with Gasteiger partial charge in [-0.1, -0.05) is 84.4 Å². The van der Waals surface area contributed by atoms with E-state index >= 15 is 0 Å². The van der Waals surface area contributed by atoms with Crippen molar-refractivity contribution in [2.75, 3.05) is 60.4 Å². The Bertz CT molecular complexity index is 1460. The molecular weight excluding hydrogens is 620 g/mol. The third kappa shape index (κ3) is 13.1. The van der Waals surface area contributed by atoms with Gasteiger partial charge in [0.2, 0.25) is 0 Å². The number of hydrogen-bond donors (Lipinski definition) is 0. The molecule has 0 saturated heterocycles. The summed E-state index contributed by atoms with van der Waals surface area (Å²) >= 11 is 0. The lowest BCUT2D eigenvalue weighted by Gasteiger charge is -2.29. The molecule has 3 aromatic carbocycles. The Hall–Kier alpha value is -3.97. The van der Waals surface area contributed by atoms with E-state index in [2.05, 4.69) is 64.6 Å². The first-order valence-electron chi connectivity index (χ1n) is 18.5. The SMILES string of the molecule is CCC(C)Cc1cccc(C(=O)N(C)CCN(CCN(C)C(=O)c2cccc(CC(C)C)c2)CCN(C)C(=O)c2cccc(CC(C)C)c2)c1. The lowest BCUT2D eigenvalue weighted by Crippen LogP contribution is -2.44. The van der Waals surface area contributed by atoms with Gasteiger partial charge in [0.1, 0.15) is 0 Å². The molecule has 0 saturated carbocycles. The van der Waals surface area contributed by atoms with Crippen molar-refractivity contribution in [2.45, 2.75) is 67.2 Å². The number of carbonyl (C=O) groups is 3. The lowest BCUT2D eigenvalue weighted by molar-refractivity contribution is 0.0736. The van der Waals surface area contributed by atoms with E-state index in [1.165, 1.54) is 16.7 Å². The zero-order valence-electron chi connectivity index (χ0n) is 32.2. The molecule has 3 aromatic rings. The van der Waals surface area contributed by atoms with Gasteiger partial charge in [0.05, 0.1) is 0 Å². The predicted octanol–water partition coefficient (Wildman–Crippen LogP) is 7.59. The molecule has 272 valence electrons. The van der Waals surface area contributed by atoms with Crippen molar-refractivity contribution in [3.05, 3.63) is 106 Å². The minimum Gasteiger partial charge on any atom is -0.340 e. The summed E-state index contributed by atoms with van der Waals surface area (Å²) in [6.07, 6.45) is 3.92. The van der Waals surface area contributed by atoms with E-state index < -0.39 is 0 Å². The maximum atomic E-state index is 13.5.